The number of nitrogens with zero attached hydrogens (tertiary/aromatic N) is 3. The third-order valence-corrected chi connectivity index (χ3v) is 6.41. The van der Waals surface area contributed by atoms with E-state index in [1.807, 2.05) is 29.2 Å². The second-order valence-corrected chi connectivity index (χ2v) is 8.42. The van der Waals surface area contributed by atoms with Crippen molar-refractivity contribution in [3.63, 3.8) is 0 Å². The highest BCUT2D eigenvalue weighted by Crippen LogP contribution is 2.36. The van der Waals surface area contributed by atoms with Gasteiger partial charge in [-0.15, -0.1) is 0 Å². The molecule has 0 N–H and O–H groups in total. The van der Waals surface area contributed by atoms with E-state index in [2.05, 4.69) is 9.80 Å². The Morgan fingerprint density at radius 3 is 2.81 bits per heavy atom. The third kappa shape index (κ3) is 3.31. The van der Waals surface area contributed by atoms with E-state index in [0.29, 0.717) is 38.1 Å². The monoisotopic (exact) mass is 369 g/mol. The van der Waals surface area contributed by atoms with E-state index in [1.54, 1.807) is 0 Å². The molecule has 6 nitrogen and oxygen atoms in total. The summed E-state index contributed by atoms with van der Waals surface area (Å²) in [5, 5.41) is 0. The molecule has 0 aromatic heterocycles. The largest absolute Gasteiger partial charge is 0.490 e. The number of anilines is 1. The van der Waals surface area contributed by atoms with Crippen LogP contribution in [0.15, 0.2) is 24.3 Å². The predicted molar refractivity (Wildman–Crippen MR) is 102 cm³/mol. The Balaban J connectivity index is 1.29. The zero-order chi connectivity index (χ0) is 18.4. The predicted octanol–water partition coefficient (Wildman–Crippen LogP) is 1.74. The molecule has 6 rings (SSSR count). The van der Waals surface area contributed by atoms with Crippen molar-refractivity contribution >= 4 is 17.5 Å². The maximum absolute atomic E-state index is 13.1. The number of rotatable bonds is 4. The number of hydrogen-bond acceptors (Lipinski definition) is 4. The Hall–Kier alpha value is -2.08. The number of hydrogen-bond donors (Lipinski definition) is 0. The minimum absolute atomic E-state index is 0.0623. The molecule has 5 aliphatic rings. The summed E-state index contributed by atoms with van der Waals surface area (Å²) >= 11 is 0. The minimum atomic E-state index is 0.0623. The molecule has 0 spiro atoms. The number of carbonyl (C=O) groups excluding carboxylic acids is 2. The van der Waals surface area contributed by atoms with E-state index in [-0.39, 0.29) is 17.9 Å². The Labute approximate surface area is 160 Å². The van der Waals surface area contributed by atoms with Gasteiger partial charge in [0.05, 0.1) is 24.7 Å². The average Bonchev–Trinajstić information content (AvgIpc) is 3.52. The van der Waals surface area contributed by atoms with Crippen molar-refractivity contribution in [2.45, 2.75) is 31.7 Å². The Kier molecular flexibility index (Phi) is 4.31. The van der Waals surface area contributed by atoms with Gasteiger partial charge < -0.3 is 14.5 Å². The lowest BCUT2D eigenvalue weighted by Gasteiger charge is -2.36. The molecule has 2 unspecified atom stereocenters. The van der Waals surface area contributed by atoms with Gasteiger partial charge in [-0.25, -0.2) is 0 Å². The van der Waals surface area contributed by atoms with E-state index < -0.39 is 0 Å². The molecule has 2 amide bonds. The average molecular weight is 369 g/mol. The maximum atomic E-state index is 13.1. The molecule has 4 aliphatic heterocycles. The number of ether oxygens (including phenoxy) is 1. The van der Waals surface area contributed by atoms with Gasteiger partial charge in [-0.2, -0.15) is 0 Å². The molecule has 1 aromatic carbocycles. The fourth-order valence-corrected chi connectivity index (χ4v) is 4.78. The Morgan fingerprint density at radius 1 is 1.11 bits per heavy atom. The molecule has 6 heteroatoms. The molecule has 0 radical (unpaired) electrons. The summed E-state index contributed by atoms with van der Waals surface area (Å²) in [5.41, 5.74) is 0.859. The lowest BCUT2D eigenvalue weighted by atomic mass is 9.94. The van der Waals surface area contributed by atoms with Crippen LogP contribution in [0.4, 0.5) is 5.69 Å². The van der Waals surface area contributed by atoms with Gasteiger partial charge in [-0.1, -0.05) is 12.1 Å². The normalized spacial score (nSPS) is 27.9. The molecule has 27 heavy (non-hydrogen) atoms. The number of piperidine rings is 1. The highest BCUT2D eigenvalue weighted by Gasteiger charge is 2.43. The molecule has 2 bridgehead atoms. The first-order valence-corrected chi connectivity index (χ1v) is 10.2. The van der Waals surface area contributed by atoms with E-state index >= 15 is 0 Å². The van der Waals surface area contributed by atoms with Gasteiger partial charge in [0, 0.05) is 25.7 Å². The standard InChI is InChI=1S/C21H27N3O3/c25-20(23-9-10-27-19-4-2-1-3-18(19)23)14-22-12-16-7-8-17(13-22)24(21(16)26)11-15-5-6-15/h1-4,15-17H,5-14H2. The summed E-state index contributed by atoms with van der Waals surface area (Å²) in [6.45, 7) is 3.97. The van der Waals surface area contributed by atoms with Gasteiger partial charge in [0.1, 0.15) is 12.4 Å². The topological polar surface area (TPSA) is 53.1 Å². The van der Waals surface area contributed by atoms with Crippen LogP contribution in [0.3, 0.4) is 0 Å². The van der Waals surface area contributed by atoms with Crippen molar-refractivity contribution in [3.8, 4) is 5.75 Å². The van der Waals surface area contributed by atoms with E-state index in [1.165, 1.54) is 12.8 Å². The van der Waals surface area contributed by atoms with Crippen LogP contribution in [0.1, 0.15) is 25.7 Å². The highest BCUT2D eigenvalue weighted by molar-refractivity contribution is 5.96. The maximum Gasteiger partial charge on any atom is 0.241 e. The smallest absolute Gasteiger partial charge is 0.241 e. The third-order valence-electron chi connectivity index (χ3n) is 6.41. The second kappa shape index (κ2) is 6.82. The molecule has 4 fully saturated rings. The Bertz CT molecular complexity index is 748. The van der Waals surface area contributed by atoms with Crippen LogP contribution in [0.25, 0.3) is 0 Å². The molecule has 3 saturated heterocycles. The number of para-hydroxylation sites is 2. The number of amides is 2. The minimum Gasteiger partial charge on any atom is -0.490 e. The van der Waals surface area contributed by atoms with Crippen molar-refractivity contribution in [2.24, 2.45) is 11.8 Å². The SMILES string of the molecule is O=C(CN1CC2CCC(C1)N(CC1CC1)C2=O)N1CCOc2ccccc21. The second-order valence-electron chi connectivity index (χ2n) is 8.42. The molecule has 4 heterocycles. The zero-order valence-corrected chi connectivity index (χ0v) is 15.7. The van der Waals surface area contributed by atoms with Crippen LogP contribution < -0.4 is 9.64 Å². The van der Waals surface area contributed by atoms with Gasteiger partial charge in [0.2, 0.25) is 11.8 Å². The summed E-state index contributed by atoms with van der Waals surface area (Å²) in [6, 6.07) is 8.00. The Morgan fingerprint density at radius 2 is 1.96 bits per heavy atom. The zero-order valence-electron chi connectivity index (χ0n) is 15.7. The summed E-state index contributed by atoms with van der Waals surface area (Å²) in [4.78, 5) is 32.1. The fraction of sp³-hybridized carbons (Fsp3) is 0.619. The van der Waals surface area contributed by atoms with E-state index in [0.717, 1.165) is 37.4 Å². The molecule has 1 aromatic rings. The van der Waals surface area contributed by atoms with Gasteiger partial charge in [0.25, 0.3) is 0 Å². The van der Waals surface area contributed by atoms with Crippen LogP contribution in [0.2, 0.25) is 0 Å². The summed E-state index contributed by atoms with van der Waals surface area (Å²) < 4.78 is 5.67. The number of benzene rings is 1. The highest BCUT2D eigenvalue weighted by atomic mass is 16.5. The first kappa shape index (κ1) is 17.0. The van der Waals surface area contributed by atoms with Crippen molar-refractivity contribution in [3.05, 3.63) is 24.3 Å². The molecule has 1 aliphatic carbocycles. The van der Waals surface area contributed by atoms with Crippen molar-refractivity contribution in [1.82, 2.24) is 9.80 Å². The fourth-order valence-electron chi connectivity index (χ4n) is 4.78. The summed E-state index contributed by atoms with van der Waals surface area (Å²) in [7, 11) is 0. The first-order valence-electron chi connectivity index (χ1n) is 10.2. The summed E-state index contributed by atoms with van der Waals surface area (Å²) in [6.07, 6.45) is 4.57. The van der Waals surface area contributed by atoms with Crippen LogP contribution in [-0.2, 0) is 9.59 Å². The van der Waals surface area contributed by atoms with Crippen LogP contribution in [0, 0.1) is 11.8 Å². The molecular formula is C21H27N3O3. The molecule has 1 saturated carbocycles. The lowest BCUT2D eigenvalue weighted by molar-refractivity contribution is -0.140. The first-order chi connectivity index (χ1) is 13.2. The van der Waals surface area contributed by atoms with Crippen LogP contribution >= 0.6 is 0 Å². The summed E-state index contributed by atoms with van der Waals surface area (Å²) in [5.74, 6) is 1.98. The van der Waals surface area contributed by atoms with E-state index in [9.17, 15) is 9.59 Å². The van der Waals surface area contributed by atoms with Crippen molar-refractivity contribution in [2.75, 3.05) is 44.2 Å². The van der Waals surface area contributed by atoms with E-state index in [4.69, 9.17) is 4.74 Å². The lowest BCUT2D eigenvalue weighted by Crippen LogP contribution is -2.49. The van der Waals surface area contributed by atoms with Crippen LogP contribution in [0.5, 0.6) is 5.75 Å². The number of fused-ring (bicyclic) bond motifs is 5. The molecular weight excluding hydrogens is 342 g/mol. The number of carbonyl (C=O) groups is 2. The molecule has 144 valence electrons. The molecule has 2 atom stereocenters. The quantitative estimate of drug-likeness (QED) is 0.811. The van der Waals surface area contributed by atoms with Gasteiger partial charge in [-0.05, 0) is 43.7 Å². The van der Waals surface area contributed by atoms with Crippen molar-refractivity contribution in [1.29, 1.82) is 0 Å². The van der Waals surface area contributed by atoms with Gasteiger partial charge >= 0.3 is 0 Å². The van der Waals surface area contributed by atoms with Gasteiger partial charge in [0.15, 0.2) is 0 Å². The van der Waals surface area contributed by atoms with Gasteiger partial charge in [-0.3, -0.25) is 14.5 Å². The van der Waals surface area contributed by atoms with Crippen molar-refractivity contribution < 1.29 is 14.3 Å². The van der Waals surface area contributed by atoms with Crippen LogP contribution in [-0.4, -0.2) is 67.0 Å².